The number of nitrogens with zero attached hydrogens (tertiary/aromatic N) is 4. The molecule has 0 bridgehead atoms. The monoisotopic (exact) mass is 273 g/mol. The van der Waals surface area contributed by atoms with Gasteiger partial charge in [0.05, 0.1) is 13.2 Å². The Morgan fingerprint density at radius 1 is 1.39 bits per heavy atom. The largest absolute Gasteiger partial charge is 0.381 e. The van der Waals surface area contributed by atoms with Gasteiger partial charge in [-0.1, -0.05) is 11.8 Å². The van der Waals surface area contributed by atoms with Crippen molar-refractivity contribution in [3.8, 4) is 0 Å². The lowest BCUT2D eigenvalue weighted by Crippen LogP contribution is -2.38. The van der Waals surface area contributed by atoms with E-state index in [9.17, 15) is 0 Å². The average molecular weight is 273 g/mol. The van der Waals surface area contributed by atoms with Crippen LogP contribution in [0.3, 0.4) is 0 Å². The lowest BCUT2D eigenvalue weighted by molar-refractivity contribution is 0.164. The molecule has 0 saturated carbocycles. The maximum absolute atomic E-state index is 5.29. The maximum Gasteiger partial charge on any atom is 0.209 e. The van der Waals surface area contributed by atoms with E-state index in [0.29, 0.717) is 0 Å². The molecule has 0 aliphatic heterocycles. The summed E-state index contributed by atoms with van der Waals surface area (Å²) >= 11 is 1.63. The number of hydrogen-bond acceptors (Lipinski definition) is 6. The summed E-state index contributed by atoms with van der Waals surface area (Å²) in [6, 6.07) is 0. The first-order valence-corrected chi connectivity index (χ1v) is 7.23. The van der Waals surface area contributed by atoms with E-state index in [0.717, 1.165) is 37.2 Å². The van der Waals surface area contributed by atoms with Crippen LogP contribution < -0.4 is 5.32 Å². The molecule has 7 heteroatoms. The van der Waals surface area contributed by atoms with Gasteiger partial charge in [0, 0.05) is 24.4 Å². The highest BCUT2D eigenvalue weighted by molar-refractivity contribution is 7.99. The predicted octanol–water partition coefficient (Wildman–Crippen LogP) is 1.19. The van der Waals surface area contributed by atoms with Gasteiger partial charge in [-0.3, -0.25) is 0 Å². The fraction of sp³-hybridized carbons (Fsp3) is 0.909. The number of thioether (sulfide) groups is 1. The summed E-state index contributed by atoms with van der Waals surface area (Å²) in [4.78, 5) is 0. The molecule has 6 nitrogen and oxygen atoms in total. The first kappa shape index (κ1) is 15.4. The molecule has 0 aromatic carbocycles. The fourth-order valence-corrected chi connectivity index (χ4v) is 2.07. The van der Waals surface area contributed by atoms with E-state index in [4.69, 9.17) is 4.74 Å². The minimum absolute atomic E-state index is 0.121. The molecule has 1 rings (SSSR count). The van der Waals surface area contributed by atoms with Crippen molar-refractivity contribution in [2.24, 2.45) is 0 Å². The van der Waals surface area contributed by atoms with Crippen molar-refractivity contribution in [3.63, 3.8) is 0 Å². The smallest absolute Gasteiger partial charge is 0.209 e. The highest BCUT2D eigenvalue weighted by Crippen LogP contribution is 2.12. The highest BCUT2D eigenvalue weighted by atomic mass is 32.2. The number of hydrogen-bond donors (Lipinski definition) is 1. The zero-order valence-corrected chi connectivity index (χ0v) is 12.5. The normalized spacial score (nSPS) is 12.0. The zero-order valence-electron chi connectivity index (χ0n) is 11.6. The van der Waals surface area contributed by atoms with Crippen molar-refractivity contribution in [2.45, 2.75) is 44.9 Å². The second-order valence-electron chi connectivity index (χ2n) is 4.91. The van der Waals surface area contributed by atoms with Gasteiger partial charge in [-0.15, -0.1) is 5.10 Å². The van der Waals surface area contributed by atoms with Gasteiger partial charge in [0.2, 0.25) is 5.16 Å². The van der Waals surface area contributed by atoms with Crippen LogP contribution >= 0.6 is 11.8 Å². The molecule has 0 fully saturated rings. The minimum atomic E-state index is 0.121. The molecule has 1 aromatic heterocycles. The Hall–Kier alpha value is -0.660. The molecule has 0 atom stereocenters. The third-order valence-electron chi connectivity index (χ3n) is 2.14. The number of rotatable bonds is 8. The van der Waals surface area contributed by atoms with E-state index in [-0.39, 0.29) is 5.54 Å². The Labute approximate surface area is 113 Å². The van der Waals surface area contributed by atoms with Crippen LogP contribution in [0.15, 0.2) is 5.16 Å². The average Bonchev–Trinajstić information content (AvgIpc) is 2.71. The minimum Gasteiger partial charge on any atom is -0.381 e. The molecule has 0 aliphatic carbocycles. The Bertz CT molecular complexity index is 336. The molecule has 18 heavy (non-hydrogen) atoms. The van der Waals surface area contributed by atoms with Gasteiger partial charge < -0.3 is 10.1 Å². The summed E-state index contributed by atoms with van der Waals surface area (Å²) < 4.78 is 7.12. The van der Waals surface area contributed by atoms with Crippen molar-refractivity contribution in [1.82, 2.24) is 25.5 Å². The van der Waals surface area contributed by atoms with Gasteiger partial charge in [-0.05, 0) is 38.1 Å². The van der Waals surface area contributed by atoms with E-state index < -0.39 is 0 Å². The van der Waals surface area contributed by atoms with Crippen molar-refractivity contribution in [1.29, 1.82) is 0 Å². The molecule has 0 unspecified atom stereocenters. The van der Waals surface area contributed by atoms with Gasteiger partial charge in [0.1, 0.15) is 0 Å². The van der Waals surface area contributed by atoms with Gasteiger partial charge >= 0.3 is 0 Å². The van der Waals surface area contributed by atoms with Crippen molar-refractivity contribution in [3.05, 3.63) is 0 Å². The summed E-state index contributed by atoms with van der Waals surface area (Å²) in [6.07, 6.45) is 0. The molecule has 0 aliphatic rings. The van der Waals surface area contributed by atoms with E-state index in [1.54, 1.807) is 11.8 Å². The molecule has 0 radical (unpaired) electrons. The Morgan fingerprint density at radius 2 is 2.17 bits per heavy atom. The Kier molecular flexibility index (Phi) is 6.59. The molecule has 1 aromatic rings. The number of nitrogens with one attached hydrogen (secondary N) is 1. The fourth-order valence-electron chi connectivity index (χ4n) is 1.31. The van der Waals surface area contributed by atoms with Crippen LogP contribution in [0.2, 0.25) is 0 Å². The van der Waals surface area contributed by atoms with Gasteiger partial charge in [-0.2, -0.15) is 0 Å². The quantitative estimate of drug-likeness (QED) is 0.567. The Balaban J connectivity index is 2.31. The molecule has 0 amide bonds. The summed E-state index contributed by atoms with van der Waals surface area (Å²) in [6.45, 7) is 11.5. The van der Waals surface area contributed by atoms with Crippen LogP contribution in [-0.4, -0.2) is 51.3 Å². The van der Waals surface area contributed by atoms with Crippen LogP contribution in [0.1, 0.15) is 27.7 Å². The van der Waals surface area contributed by atoms with Crippen molar-refractivity contribution >= 4 is 11.8 Å². The zero-order chi connectivity index (χ0) is 13.4. The first-order chi connectivity index (χ1) is 8.53. The first-order valence-electron chi connectivity index (χ1n) is 6.24. The van der Waals surface area contributed by atoms with E-state index >= 15 is 0 Å². The number of tetrazole rings is 1. The van der Waals surface area contributed by atoms with Crippen LogP contribution in [0.4, 0.5) is 0 Å². The summed E-state index contributed by atoms with van der Waals surface area (Å²) in [7, 11) is 0. The highest BCUT2D eigenvalue weighted by Gasteiger charge is 2.10. The molecular formula is C11H23N5OS. The lowest BCUT2D eigenvalue weighted by Gasteiger charge is -2.20. The van der Waals surface area contributed by atoms with Crippen molar-refractivity contribution < 1.29 is 4.74 Å². The number of ether oxygens (including phenoxy) is 1. The lowest BCUT2D eigenvalue weighted by atomic mass is 10.1. The van der Waals surface area contributed by atoms with Crippen molar-refractivity contribution in [2.75, 3.05) is 25.5 Å². The second kappa shape index (κ2) is 7.70. The molecular weight excluding hydrogens is 250 g/mol. The van der Waals surface area contributed by atoms with Crippen LogP contribution in [0.5, 0.6) is 0 Å². The summed E-state index contributed by atoms with van der Waals surface area (Å²) in [5.41, 5.74) is 0.121. The summed E-state index contributed by atoms with van der Waals surface area (Å²) in [5.74, 6) is 0.876. The van der Waals surface area contributed by atoms with E-state index in [2.05, 4.69) is 41.6 Å². The van der Waals surface area contributed by atoms with Crippen LogP contribution in [-0.2, 0) is 11.3 Å². The summed E-state index contributed by atoms with van der Waals surface area (Å²) in [5, 5.41) is 16.0. The maximum atomic E-state index is 5.29. The molecule has 1 heterocycles. The van der Waals surface area contributed by atoms with E-state index in [1.165, 1.54) is 0 Å². The van der Waals surface area contributed by atoms with Gasteiger partial charge in [0.25, 0.3) is 0 Å². The van der Waals surface area contributed by atoms with Gasteiger partial charge in [-0.25, -0.2) is 4.68 Å². The SMILES string of the molecule is CCOCCSc1nnnn1CCNC(C)(C)C. The predicted molar refractivity (Wildman–Crippen MR) is 72.8 cm³/mol. The second-order valence-corrected chi connectivity index (χ2v) is 5.97. The third kappa shape index (κ3) is 6.32. The van der Waals surface area contributed by atoms with Gasteiger partial charge in [0.15, 0.2) is 0 Å². The molecule has 1 N–H and O–H groups in total. The Morgan fingerprint density at radius 3 is 2.83 bits per heavy atom. The standard InChI is InChI=1S/C11H23N5OS/c1-5-17-8-9-18-10-13-14-15-16(10)7-6-12-11(2,3)4/h12H,5-9H2,1-4H3. The molecule has 104 valence electrons. The number of aromatic nitrogens is 4. The third-order valence-corrected chi connectivity index (χ3v) is 3.06. The van der Waals surface area contributed by atoms with Crippen LogP contribution in [0.25, 0.3) is 0 Å². The topological polar surface area (TPSA) is 64.9 Å². The molecule has 0 saturated heterocycles. The molecule has 0 spiro atoms. The van der Waals surface area contributed by atoms with Crippen LogP contribution in [0, 0.1) is 0 Å². The van der Waals surface area contributed by atoms with E-state index in [1.807, 2.05) is 11.6 Å².